The topological polar surface area (TPSA) is 47.6 Å². The summed E-state index contributed by atoms with van der Waals surface area (Å²) in [5.74, 6) is 0.743. The molecule has 2 amide bonds. The van der Waals surface area contributed by atoms with Gasteiger partial charge in [-0.2, -0.15) is 0 Å². The van der Waals surface area contributed by atoms with Gasteiger partial charge in [-0.3, -0.25) is 4.90 Å². The second-order valence-electron chi connectivity index (χ2n) is 7.47. The average molecular weight is 345 g/mol. The smallest absolute Gasteiger partial charge is 0.317 e. The van der Waals surface area contributed by atoms with Gasteiger partial charge >= 0.3 is 6.03 Å². The van der Waals surface area contributed by atoms with Crippen LogP contribution in [0, 0.1) is 5.92 Å². The van der Waals surface area contributed by atoms with E-state index >= 15 is 0 Å². The first-order chi connectivity index (χ1) is 12.2. The van der Waals surface area contributed by atoms with E-state index in [0.29, 0.717) is 0 Å². The third-order valence-electron chi connectivity index (χ3n) is 5.55. The molecule has 2 heterocycles. The van der Waals surface area contributed by atoms with Crippen LogP contribution in [-0.4, -0.2) is 61.1 Å². The summed E-state index contributed by atoms with van der Waals surface area (Å²) in [4.78, 5) is 16.8. The second kappa shape index (κ2) is 9.20. The standard InChI is InChI=1S/C20H32N4O/c1-17-15-21-11-14-24(17)20(25)22-10-7-18-8-12-23(13-9-18)16-19-5-3-2-4-6-19/h2-6,17-18,21H,7-16H2,1H3,(H,22,25)/t17-/m1/s1. The van der Waals surface area contributed by atoms with Gasteiger partial charge in [0.25, 0.3) is 0 Å². The average Bonchev–Trinajstić information content (AvgIpc) is 2.64. The summed E-state index contributed by atoms with van der Waals surface area (Å²) in [6.45, 7) is 8.92. The molecule has 0 bridgehead atoms. The van der Waals surface area contributed by atoms with Crippen LogP contribution in [0.25, 0.3) is 0 Å². The van der Waals surface area contributed by atoms with Gasteiger partial charge in [-0.15, -0.1) is 0 Å². The predicted molar refractivity (Wildman–Crippen MR) is 101 cm³/mol. The number of hydrogen-bond acceptors (Lipinski definition) is 3. The Morgan fingerprint density at radius 1 is 1.20 bits per heavy atom. The molecule has 3 rings (SSSR count). The van der Waals surface area contributed by atoms with E-state index in [9.17, 15) is 4.79 Å². The molecule has 2 fully saturated rings. The van der Waals surface area contributed by atoms with E-state index in [1.807, 2.05) is 4.90 Å². The molecule has 0 unspecified atom stereocenters. The quantitative estimate of drug-likeness (QED) is 0.862. The fourth-order valence-corrected chi connectivity index (χ4v) is 3.90. The summed E-state index contributed by atoms with van der Waals surface area (Å²) in [5, 5.41) is 6.45. The van der Waals surface area contributed by atoms with E-state index in [1.54, 1.807) is 0 Å². The van der Waals surface area contributed by atoms with E-state index < -0.39 is 0 Å². The summed E-state index contributed by atoms with van der Waals surface area (Å²) in [5.41, 5.74) is 1.40. The van der Waals surface area contributed by atoms with Crippen LogP contribution in [0.15, 0.2) is 30.3 Å². The van der Waals surface area contributed by atoms with Crippen molar-refractivity contribution in [2.75, 3.05) is 39.3 Å². The molecule has 1 aromatic carbocycles. The first kappa shape index (κ1) is 18.2. The molecule has 2 saturated heterocycles. The maximum absolute atomic E-state index is 12.3. The number of nitrogens with one attached hydrogen (secondary N) is 2. The Kier molecular flexibility index (Phi) is 6.70. The summed E-state index contributed by atoms with van der Waals surface area (Å²) in [6.07, 6.45) is 3.59. The lowest BCUT2D eigenvalue weighted by Crippen LogP contribution is -2.55. The Morgan fingerprint density at radius 2 is 1.96 bits per heavy atom. The van der Waals surface area contributed by atoms with Gasteiger partial charge in [-0.25, -0.2) is 4.79 Å². The van der Waals surface area contributed by atoms with Crippen molar-refractivity contribution in [1.29, 1.82) is 0 Å². The number of carbonyl (C=O) groups excluding carboxylic acids is 1. The number of rotatable bonds is 5. The number of nitrogens with zero attached hydrogens (tertiary/aromatic N) is 2. The van der Waals surface area contributed by atoms with Crippen LogP contribution < -0.4 is 10.6 Å². The van der Waals surface area contributed by atoms with Crippen molar-refractivity contribution in [3.8, 4) is 0 Å². The molecule has 0 radical (unpaired) electrons. The summed E-state index contributed by atoms with van der Waals surface area (Å²) < 4.78 is 0. The summed E-state index contributed by atoms with van der Waals surface area (Å²) in [6, 6.07) is 11.1. The highest BCUT2D eigenvalue weighted by Gasteiger charge is 2.23. The van der Waals surface area contributed by atoms with Crippen molar-refractivity contribution in [2.24, 2.45) is 5.92 Å². The molecule has 0 aromatic heterocycles. The zero-order chi connectivity index (χ0) is 17.5. The van der Waals surface area contributed by atoms with Gasteiger partial charge in [-0.05, 0) is 50.8 Å². The molecule has 5 heteroatoms. The molecule has 2 aliphatic heterocycles. The first-order valence-electron chi connectivity index (χ1n) is 9.74. The van der Waals surface area contributed by atoms with Gasteiger partial charge in [0.05, 0.1) is 0 Å². The van der Waals surface area contributed by atoms with Crippen LogP contribution in [0.5, 0.6) is 0 Å². The van der Waals surface area contributed by atoms with Crippen LogP contribution in [0.3, 0.4) is 0 Å². The molecule has 138 valence electrons. The minimum atomic E-state index is 0.107. The van der Waals surface area contributed by atoms with Crippen molar-refractivity contribution >= 4 is 6.03 Å². The Labute approximate surface area is 151 Å². The van der Waals surface area contributed by atoms with Crippen LogP contribution in [-0.2, 0) is 6.54 Å². The normalized spacial score (nSPS) is 22.8. The van der Waals surface area contributed by atoms with Gasteiger partial charge in [0.15, 0.2) is 0 Å². The van der Waals surface area contributed by atoms with E-state index in [0.717, 1.165) is 45.1 Å². The lowest BCUT2D eigenvalue weighted by atomic mass is 9.93. The van der Waals surface area contributed by atoms with Crippen molar-refractivity contribution < 1.29 is 4.79 Å². The lowest BCUT2D eigenvalue weighted by molar-refractivity contribution is 0.158. The predicted octanol–water partition coefficient (Wildman–Crippen LogP) is 2.29. The van der Waals surface area contributed by atoms with Crippen molar-refractivity contribution in [1.82, 2.24) is 20.4 Å². The zero-order valence-electron chi connectivity index (χ0n) is 15.4. The highest BCUT2D eigenvalue weighted by molar-refractivity contribution is 5.74. The Hall–Kier alpha value is -1.59. The number of benzene rings is 1. The zero-order valence-corrected chi connectivity index (χ0v) is 15.4. The first-order valence-corrected chi connectivity index (χ1v) is 9.74. The highest BCUT2D eigenvalue weighted by Crippen LogP contribution is 2.21. The van der Waals surface area contributed by atoms with Crippen LogP contribution in [0.1, 0.15) is 31.7 Å². The number of piperazine rings is 1. The van der Waals surface area contributed by atoms with Gasteiger partial charge < -0.3 is 15.5 Å². The number of likely N-dealkylation sites (tertiary alicyclic amines) is 1. The molecule has 2 N–H and O–H groups in total. The third kappa shape index (κ3) is 5.44. The number of urea groups is 1. The van der Waals surface area contributed by atoms with Gasteiger partial charge in [0.1, 0.15) is 0 Å². The number of amides is 2. The van der Waals surface area contributed by atoms with E-state index in [1.165, 1.54) is 31.5 Å². The molecule has 5 nitrogen and oxygen atoms in total. The van der Waals surface area contributed by atoms with Crippen LogP contribution >= 0.6 is 0 Å². The summed E-state index contributed by atoms with van der Waals surface area (Å²) in [7, 11) is 0. The van der Waals surface area contributed by atoms with Gasteiger partial charge in [0, 0.05) is 38.8 Å². The van der Waals surface area contributed by atoms with E-state index in [4.69, 9.17) is 0 Å². The van der Waals surface area contributed by atoms with Crippen LogP contribution in [0.4, 0.5) is 4.79 Å². The fraction of sp³-hybridized carbons (Fsp3) is 0.650. The Morgan fingerprint density at radius 3 is 2.68 bits per heavy atom. The molecular weight excluding hydrogens is 312 g/mol. The maximum atomic E-state index is 12.3. The Balaban J connectivity index is 1.32. The largest absolute Gasteiger partial charge is 0.338 e. The Bertz CT molecular complexity index is 528. The van der Waals surface area contributed by atoms with E-state index in [2.05, 4.69) is 52.8 Å². The summed E-state index contributed by atoms with van der Waals surface area (Å²) >= 11 is 0. The molecule has 0 spiro atoms. The van der Waals surface area contributed by atoms with Crippen molar-refractivity contribution in [3.05, 3.63) is 35.9 Å². The fourth-order valence-electron chi connectivity index (χ4n) is 3.90. The molecule has 0 saturated carbocycles. The van der Waals surface area contributed by atoms with E-state index in [-0.39, 0.29) is 12.1 Å². The SMILES string of the molecule is C[C@@H]1CNCCN1C(=O)NCCC1CCN(Cc2ccccc2)CC1. The molecule has 1 atom stereocenters. The second-order valence-corrected chi connectivity index (χ2v) is 7.47. The molecule has 1 aromatic rings. The molecular formula is C20H32N4O. The lowest BCUT2D eigenvalue weighted by Gasteiger charge is -2.34. The van der Waals surface area contributed by atoms with Crippen molar-refractivity contribution in [2.45, 2.75) is 38.8 Å². The molecule has 2 aliphatic rings. The maximum Gasteiger partial charge on any atom is 0.317 e. The number of piperidine rings is 1. The third-order valence-corrected chi connectivity index (χ3v) is 5.55. The number of carbonyl (C=O) groups is 1. The minimum Gasteiger partial charge on any atom is -0.338 e. The minimum absolute atomic E-state index is 0.107. The highest BCUT2D eigenvalue weighted by atomic mass is 16.2. The monoisotopic (exact) mass is 344 g/mol. The number of hydrogen-bond donors (Lipinski definition) is 2. The van der Waals surface area contributed by atoms with Gasteiger partial charge in [-0.1, -0.05) is 30.3 Å². The molecule has 0 aliphatic carbocycles. The van der Waals surface area contributed by atoms with Crippen LogP contribution in [0.2, 0.25) is 0 Å². The van der Waals surface area contributed by atoms with Crippen molar-refractivity contribution in [3.63, 3.8) is 0 Å². The van der Waals surface area contributed by atoms with Gasteiger partial charge in [0.2, 0.25) is 0 Å². The molecule has 25 heavy (non-hydrogen) atoms.